The first-order valence-corrected chi connectivity index (χ1v) is 6.80. The molecule has 2 aromatic carbocycles. The molecule has 0 saturated heterocycles. The number of carbonyl (C=O) groups excluding carboxylic acids is 1. The second-order valence-electron chi connectivity index (χ2n) is 4.48. The van der Waals surface area contributed by atoms with E-state index in [0.29, 0.717) is 17.2 Å². The van der Waals surface area contributed by atoms with E-state index in [4.69, 9.17) is 21.1 Å². The number of anilines is 1. The number of nitrogens with zero attached hydrogens (tertiary/aromatic N) is 1. The topological polar surface area (TPSA) is 90.7 Å². The molecule has 2 rings (SSSR count). The Bertz CT molecular complexity index is 741. The van der Waals surface area contributed by atoms with Gasteiger partial charge < -0.3 is 14.8 Å². The summed E-state index contributed by atoms with van der Waals surface area (Å²) in [7, 11) is 2.97. The first-order valence-electron chi connectivity index (χ1n) is 6.43. The fourth-order valence-electron chi connectivity index (χ4n) is 1.88. The van der Waals surface area contributed by atoms with Crippen LogP contribution in [0.1, 0.15) is 10.4 Å². The zero-order chi connectivity index (χ0) is 17.0. The summed E-state index contributed by atoms with van der Waals surface area (Å²) in [6, 6.07) is 8.48. The Morgan fingerprint density at radius 1 is 1.13 bits per heavy atom. The number of benzene rings is 2. The van der Waals surface area contributed by atoms with Crippen molar-refractivity contribution in [3.8, 4) is 11.5 Å². The summed E-state index contributed by atoms with van der Waals surface area (Å²) in [5.41, 5.74) is 0.194. The predicted octanol–water partition coefficient (Wildman–Crippen LogP) is 3.52. The van der Waals surface area contributed by atoms with Crippen molar-refractivity contribution in [1.29, 1.82) is 0 Å². The largest absolute Gasteiger partial charge is 0.497 e. The summed E-state index contributed by atoms with van der Waals surface area (Å²) in [5.74, 6) is 0.406. The summed E-state index contributed by atoms with van der Waals surface area (Å²) < 4.78 is 10.2. The van der Waals surface area contributed by atoms with E-state index in [1.807, 2.05) is 0 Å². The van der Waals surface area contributed by atoms with Gasteiger partial charge in [0.25, 0.3) is 11.6 Å². The van der Waals surface area contributed by atoms with Gasteiger partial charge in [-0.15, -0.1) is 0 Å². The van der Waals surface area contributed by atoms with Gasteiger partial charge >= 0.3 is 0 Å². The summed E-state index contributed by atoms with van der Waals surface area (Å²) in [5, 5.41) is 13.5. The van der Waals surface area contributed by atoms with Crippen molar-refractivity contribution >= 4 is 28.9 Å². The van der Waals surface area contributed by atoms with Gasteiger partial charge in [0.15, 0.2) is 0 Å². The molecule has 23 heavy (non-hydrogen) atoms. The van der Waals surface area contributed by atoms with Crippen LogP contribution in [0.4, 0.5) is 11.4 Å². The molecule has 0 saturated carbocycles. The lowest BCUT2D eigenvalue weighted by Gasteiger charge is -2.10. The summed E-state index contributed by atoms with van der Waals surface area (Å²) in [6.07, 6.45) is 0. The molecule has 2 aromatic rings. The maximum Gasteiger partial charge on any atom is 0.270 e. The molecule has 1 amide bonds. The number of hydrogen-bond acceptors (Lipinski definition) is 5. The van der Waals surface area contributed by atoms with Crippen molar-refractivity contribution < 1.29 is 19.2 Å². The van der Waals surface area contributed by atoms with Crippen LogP contribution in [0, 0.1) is 10.1 Å². The van der Waals surface area contributed by atoms with Crippen LogP contribution in [0.15, 0.2) is 36.4 Å². The van der Waals surface area contributed by atoms with Crippen LogP contribution in [0.2, 0.25) is 5.02 Å². The molecule has 120 valence electrons. The molecule has 0 bridgehead atoms. The molecule has 0 aliphatic heterocycles. The van der Waals surface area contributed by atoms with Crippen LogP contribution in [-0.4, -0.2) is 25.1 Å². The molecule has 0 unspecified atom stereocenters. The van der Waals surface area contributed by atoms with Crippen LogP contribution in [-0.2, 0) is 0 Å². The summed E-state index contributed by atoms with van der Waals surface area (Å²) >= 11 is 5.95. The lowest BCUT2D eigenvalue weighted by molar-refractivity contribution is -0.384. The number of amides is 1. The first-order chi connectivity index (χ1) is 10.9. The van der Waals surface area contributed by atoms with Crippen LogP contribution in [0.3, 0.4) is 0 Å². The maximum atomic E-state index is 12.3. The van der Waals surface area contributed by atoms with Crippen molar-refractivity contribution in [2.45, 2.75) is 0 Å². The number of nitro benzene ring substituents is 1. The Labute approximate surface area is 136 Å². The Morgan fingerprint density at radius 3 is 2.26 bits per heavy atom. The van der Waals surface area contributed by atoms with Gasteiger partial charge in [-0.3, -0.25) is 14.9 Å². The first kappa shape index (κ1) is 16.6. The highest BCUT2D eigenvalue weighted by Gasteiger charge is 2.16. The minimum absolute atomic E-state index is 0.00246. The van der Waals surface area contributed by atoms with Gasteiger partial charge in [0.05, 0.1) is 29.7 Å². The van der Waals surface area contributed by atoms with Crippen LogP contribution in [0.5, 0.6) is 11.5 Å². The van der Waals surface area contributed by atoms with Crippen molar-refractivity contribution in [2.24, 2.45) is 0 Å². The average molecular weight is 337 g/mol. The number of methoxy groups -OCH3 is 2. The number of hydrogen-bond donors (Lipinski definition) is 1. The van der Waals surface area contributed by atoms with E-state index < -0.39 is 10.8 Å². The number of ether oxygens (including phenoxy) is 2. The molecule has 7 nitrogen and oxygen atoms in total. The molecule has 0 aliphatic rings. The van der Waals surface area contributed by atoms with E-state index in [-0.39, 0.29) is 16.3 Å². The number of halogens is 1. The lowest BCUT2D eigenvalue weighted by atomic mass is 10.1. The monoisotopic (exact) mass is 336 g/mol. The standard InChI is InChI=1S/C15H13ClN2O5/c1-22-11-5-9(6-12(8-11)23-2)17-15(19)13-7-10(18(20)21)3-4-14(13)16/h3-8H,1-2H3,(H,17,19). The van der Waals surface area contributed by atoms with Gasteiger partial charge in [0, 0.05) is 36.0 Å². The SMILES string of the molecule is COc1cc(NC(=O)c2cc([N+](=O)[O-])ccc2Cl)cc(OC)c1. The number of carbonyl (C=O) groups is 1. The van der Waals surface area contributed by atoms with Gasteiger partial charge in [-0.2, -0.15) is 0 Å². The number of nitro groups is 1. The Morgan fingerprint density at radius 2 is 1.74 bits per heavy atom. The predicted molar refractivity (Wildman–Crippen MR) is 85.6 cm³/mol. The van der Waals surface area contributed by atoms with Crippen LogP contribution >= 0.6 is 11.6 Å². The zero-order valence-corrected chi connectivity index (χ0v) is 13.1. The fraction of sp³-hybridized carbons (Fsp3) is 0.133. The van der Waals surface area contributed by atoms with Crippen molar-refractivity contribution in [3.05, 3.63) is 57.1 Å². The molecule has 0 atom stereocenters. The highest BCUT2D eigenvalue weighted by atomic mass is 35.5. The molecule has 1 N–H and O–H groups in total. The highest BCUT2D eigenvalue weighted by Crippen LogP contribution is 2.27. The normalized spacial score (nSPS) is 10.0. The van der Waals surface area contributed by atoms with Crippen molar-refractivity contribution in [3.63, 3.8) is 0 Å². The van der Waals surface area contributed by atoms with E-state index in [1.165, 1.54) is 26.4 Å². The van der Waals surface area contributed by atoms with Gasteiger partial charge in [-0.25, -0.2) is 0 Å². The Kier molecular flexibility index (Phi) is 5.02. The van der Waals surface area contributed by atoms with Gasteiger partial charge in [-0.05, 0) is 6.07 Å². The van der Waals surface area contributed by atoms with Gasteiger partial charge in [0.1, 0.15) is 11.5 Å². The quantitative estimate of drug-likeness (QED) is 0.666. The molecule has 0 aromatic heterocycles. The smallest absolute Gasteiger partial charge is 0.270 e. The molecule has 0 spiro atoms. The van der Waals surface area contributed by atoms with Gasteiger partial charge in [0.2, 0.25) is 0 Å². The third-order valence-corrected chi connectivity index (χ3v) is 3.34. The molecular weight excluding hydrogens is 324 g/mol. The van der Waals surface area contributed by atoms with E-state index in [0.717, 1.165) is 6.07 Å². The second-order valence-corrected chi connectivity index (χ2v) is 4.88. The number of non-ortho nitro benzene ring substituents is 1. The average Bonchev–Trinajstić information content (AvgIpc) is 2.54. The fourth-order valence-corrected chi connectivity index (χ4v) is 2.08. The molecule has 0 aliphatic carbocycles. The van der Waals surface area contributed by atoms with Crippen molar-refractivity contribution in [1.82, 2.24) is 0 Å². The molecular formula is C15H13ClN2O5. The third kappa shape index (κ3) is 3.89. The Hall–Kier alpha value is -2.80. The Balaban J connectivity index is 2.32. The van der Waals surface area contributed by atoms with E-state index in [1.54, 1.807) is 18.2 Å². The van der Waals surface area contributed by atoms with E-state index in [9.17, 15) is 14.9 Å². The third-order valence-electron chi connectivity index (χ3n) is 3.01. The zero-order valence-electron chi connectivity index (χ0n) is 12.3. The summed E-state index contributed by atoms with van der Waals surface area (Å²) in [4.78, 5) is 22.5. The minimum Gasteiger partial charge on any atom is -0.497 e. The van der Waals surface area contributed by atoms with E-state index >= 15 is 0 Å². The maximum absolute atomic E-state index is 12.3. The van der Waals surface area contributed by atoms with Crippen LogP contribution < -0.4 is 14.8 Å². The molecule has 0 fully saturated rings. The van der Waals surface area contributed by atoms with Crippen LogP contribution in [0.25, 0.3) is 0 Å². The van der Waals surface area contributed by atoms with Crippen molar-refractivity contribution in [2.75, 3.05) is 19.5 Å². The highest BCUT2D eigenvalue weighted by molar-refractivity contribution is 6.34. The summed E-state index contributed by atoms with van der Waals surface area (Å²) in [6.45, 7) is 0. The second kappa shape index (κ2) is 6.97. The molecule has 0 heterocycles. The van der Waals surface area contributed by atoms with E-state index in [2.05, 4.69) is 5.32 Å². The lowest BCUT2D eigenvalue weighted by Crippen LogP contribution is -2.13. The van der Waals surface area contributed by atoms with Gasteiger partial charge in [-0.1, -0.05) is 11.6 Å². The molecule has 8 heteroatoms. The minimum atomic E-state index is -0.596. The number of rotatable bonds is 5. The number of nitrogens with one attached hydrogen (secondary N) is 1. The molecule has 0 radical (unpaired) electrons.